The number of carbonyl (C=O) groups excluding carboxylic acids is 3. The van der Waals surface area contributed by atoms with Gasteiger partial charge in [0, 0.05) is 4.90 Å². The third-order valence-electron chi connectivity index (χ3n) is 3.49. The van der Waals surface area contributed by atoms with E-state index in [0.717, 1.165) is 4.90 Å². The molecule has 0 saturated carbocycles. The summed E-state index contributed by atoms with van der Waals surface area (Å²) in [7, 11) is 1.45. The van der Waals surface area contributed by atoms with E-state index in [4.69, 9.17) is 9.47 Å². The van der Waals surface area contributed by atoms with Gasteiger partial charge >= 0.3 is 5.97 Å². The summed E-state index contributed by atoms with van der Waals surface area (Å²) >= 11 is 1.49. The van der Waals surface area contributed by atoms with Gasteiger partial charge in [0.1, 0.15) is 12.3 Å². The normalized spacial score (nSPS) is 10.0. The minimum atomic E-state index is -0.716. The van der Waals surface area contributed by atoms with Crippen LogP contribution in [-0.2, 0) is 14.3 Å². The van der Waals surface area contributed by atoms with Crippen LogP contribution in [-0.4, -0.2) is 44.3 Å². The third kappa shape index (κ3) is 6.03. The van der Waals surface area contributed by atoms with Gasteiger partial charge in [-0.2, -0.15) is 0 Å². The number of ether oxygens (including phenoxy) is 2. The SMILES string of the molecule is COc1ccccc1C(=O)NCC(=O)OCC(=O)Nc1ccccc1SC. The van der Waals surface area contributed by atoms with E-state index in [2.05, 4.69) is 10.6 Å². The summed E-state index contributed by atoms with van der Waals surface area (Å²) in [6.45, 7) is -0.794. The van der Waals surface area contributed by atoms with E-state index in [9.17, 15) is 14.4 Å². The topological polar surface area (TPSA) is 93.7 Å². The molecule has 0 unspecified atom stereocenters. The molecular formula is C19H20N2O5S. The van der Waals surface area contributed by atoms with Crippen molar-refractivity contribution < 1.29 is 23.9 Å². The quantitative estimate of drug-likeness (QED) is 0.533. The molecule has 2 aromatic rings. The van der Waals surface area contributed by atoms with E-state index in [0.29, 0.717) is 17.0 Å². The van der Waals surface area contributed by atoms with Gasteiger partial charge in [0.05, 0.1) is 18.4 Å². The minimum absolute atomic E-state index is 0.305. The molecule has 0 saturated heterocycles. The van der Waals surface area contributed by atoms with Crippen LogP contribution in [0.1, 0.15) is 10.4 Å². The summed E-state index contributed by atoms with van der Waals surface area (Å²) < 4.78 is 9.98. The zero-order chi connectivity index (χ0) is 19.6. The Bertz CT molecular complexity index is 825. The molecule has 0 heterocycles. The van der Waals surface area contributed by atoms with E-state index < -0.39 is 24.4 Å². The molecule has 7 nitrogen and oxygen atoms in total. The first kappa shape index (κ1) is 20.3. The number of esters is 1. The maximum absolute atomic E-state index is 12.1. The monoisotopic (exact) mass is 388 g/mol. The van der Waals surface area contributed by atoms with Crippen molar-refractivity contribution in [2.24, 2.45) is 0 Å². The Morgan fingerprint density at radius 2 is 1.74 bits per heavy atom. The van der Waals surface area contributed by atoms with Gasteiger partial charge in [-0.15, -0.1) is 11.8 Å². The largest absolute Gasteiger partial charge is 0.496 e. The molecule has 27 heavy (non-hydrogen) atoms. The molecule has 0 aliphatic rings. The minimum Gasteiger partial charge on any atom is -0.496 e. The Kier molecular flexibility index (Phi) is 7.69. The highest BCUT2D eigenvalue weighted by Crippen LogP contribution is 2.24. The zero-order valence-corrected chi connectivity index (χ0v) is 15.8. The Morgan fingerprint density at radius 1 is 1.04 bits per heavy atom. The smallest absolute Gasteiger partial charge is 0.325 e. The predicted molar refractivity (Wildman–Crippen MR) is 103 cm³/mol. The number of hydrogen-bond acceptors (Lipinski definition) is 6. The molecule has 0 spiro atoms. The first-order valence-corrected chi connectivity index (χ1v) is 9.27. The number of para-hydroxylation sites is 2. The van der Waals surface area contributed by atoms with E-state index in [1.165, 1.54) is 18.9 Å². The molecule has 2 aromatic carbocycles. The molecule has 2 amide bonds. The number of carbonyl (C=O) groups is 3. The van der Waals surface area contributed by atoms with Gasteiger partial charge in [0.2, 0.25) is 0 Å². The van der Waals surface area contributed by atoms with Gasteiger partial charge in [0.15, 0.2) is 6.61 Å². The molecule has 0 aromatic heterocycles. The van der Waals surface area contributed by atoms with Crippen LogP contribution < -0.4 is 15.4 Å². The van der Waals surface area contributed by atoms with Crippen LogP contribution in [0.2, 0.25) is 0 Å². The standard InChI is InChI=1S/C19H20N2O5S/c1-25-15-9-5-3-7-13(15)19(24)20-11-18(23)26-12-17(22)21-14-8-4-6-10-16(14)27-2/h3-10H,11-12H2,1-2H3,(H,20,24)(H,21,22). The van der Waals surface area contributed by atoms with Crippen LogP contribution >= 0.6 is 11.8 Å². The van der Waals surface area contributed by atoms with Crippen LogP contribution in [0.5, 0.6) is 5.75 Å². The Morgan fingerprint density at radius 3 is 2.48 bits per heavy atom. The Labute approximate surface area is 161 Å². The van der Waals surface area contributed by atoms with Gasteiger partial charge in [-0.05, 0) is 30.5 Å². The van der Waals surface area contributed by atoms with E-state index in [-0.39, 0.29) is 6.54 Å². The lowest BCUT2D eigenvalue weighted by Gasteiger charge is -2.10. The average Bonchev–Trinajstić information content (AvgIpc) is 2.70. The third-order valence-corrected chi connectivity index (χ3v) is 4.29. The lowest BCUT2D eigenvalue weighted by atomic mass is 10.2. The van der Waals surface area contributed by atoms with Crippen LogP contribution in [0.3, 0.4) is 0 Å². The van der Waals surface area contributed by atoms with Crippen molar-refractivity contribution >= 4 is 35.2 Å². The van der Waals surface area contributed by atoms with Crippen molar-refractivity contribution in [3.8, 4) is 5.75 Å². The maximum atomic E-state index is 12.1. The number of thioether (sulfide) groups is 1. The van der Waals surface area contributed by atoms with Crippen molar-refractivity contribution in [1.82, 2.24) is 5.32 Å². The number of nitrogens with one attached hydrogen (secondary N) is 2. The molecule has 0 fully saturated rings. The Hall–Kier alpha value is -3.00. The van der Waals surface area contributed by atoms with Crippen LogP contribution in [0.4, 0.5) is 5.69 Å². The summed E-state index contributed by atoms with van der Waals surface area (Å²) in [6, 6.07) is 13.9. The van der Waals surface area contributed by atoms with Crippen molar-refractivity contribution in [2.75, 3.05) is 31.8 Å². The summed E-state index contributed by atoms with van der Waals surface area (Å²) in [6.07, 6.45) is 1.90. The lowest BCUT2D eigenvalue weighted by Crippen LogP contribution is -2.32. The fourth-order valence-corrected chi connectivity index (χ4v) is 2.76. The first-order chi connectivity index (χ1) is 13.0. The number of anilines is 1. The molecule has 142 valence electrons. The number of amides is 2. The first-order valence-electron chi connectivity index (χ1n) is 8.05. The number of benzene rings is 2. The molecular weight excluding hydrogens is 368 g/mol. The van der Waals surface area contributed by atoms with Gasteiger partial charge in [-0.3, -0.25) is 14.4 Å². The van der Waals surface area contributed by atoms with Crippen LogP contribution in [0, 0.1) is 0 Å². The lowest BCUT2D eigenvalue weighted by molar-refractivity contribution is -0.146. The van der Waals surface area contributed by atoms with E-state index in [1.807, 2.05) is 18.4 Å². The summed E-state index contributed by atoms with van der Waals surface area (Å²) in [5.41, 5.74) is 0.953. The molecule has 8 heteroatoms. The molecule has 0 atom stereocenters. The highest BCUT2D eigenvalue weighted by Gasteiger charge is 2.14. The molecule has 2 N–H and O–H groups in total. The summed E-state index contributed by atoms with van der Waals surface area (Å²) in [5, 5.41) is 5.12. The van der Waals surface area contributed by atoms with E-state index >= 15 is 0 Å². The number of hydrogen-bond donors (Lipinski definition) is 2. The molecule has 0 bridgehead atoms. The van der Waals surface area contributed by atoms with Gasteiger partial charge in [-0.1, -0.05) is 24.3 Å². The second-order valence-electron chi connectivity index (χ2n) is 5.29. The van der Waals surface area contributed by atoms with Crippen LogP contribution in [0.15, 0.2) is 53.4 Å². The second kappa shape index (κ2) is 10.2. The molecule has 2 rings (SSSR count). The van der Waals surface area contributed by atoms with E-state index in [1.54, 1.807) is 36.4 Å². The second-order valence-corrected chi connectivity index (χ2v) is 6.14. The maximum Gasteiger partial charge on any atom is 0.325 e. The van der Waals surface area contributed by atoms with Crippen LogP contribution in [0.25, 0.3) is 0 Å². The van der Waals surface area contributed by atoms with Crippen molar-refractivity contribution in [3.63, 3.8) is 0 Å². The fourth-order valence-electron chi connectivity index (χ4n) is 2.21. The Balaban J connectivity index is 1.79. The predicted octanol–water partition coefficient (Wildman–Crippen LogP) is 2.33. The molecule has 0 aliphatic heterocycles. The van der Waals surface area contributed by atoms with Gasteiger partial charge in [0.25, 0.3) is 11.8 Å². The average molecular weight is 388 g/mol. The highest BCUT2D eigenvalue weighted by molar-refractivity contribution is 7.98. The van der Waals surface area contributed by atoms with Gasteiger partial charge < -0.3 is 20.1 Å². The van der Waals surface area contributed by atoms with Crippen molar-refractivity contribution in [1.29, 1.82) is 0 Å². The van der Waals surface area contributed by atoms with Crippen molar-refractivity contribution in [2.45, 2.75) is 4.90 Å². The summed E-state index contributed by atoms with van der Waals surface area (Å²) in [5.74, 6) is -1.24. The molecule has 0 aliphatic carbocycles. The summed E-state index contributed by atoms with van der Waals surface area (Å²) in [4.78, 5) is 36.7. The van der Waals surface area contributed by atoms with Gasteiger partial charge in [-0.25, -0.2) is 0 Å². The highest BCUT2D eigenvalue weighted by atomic mass is 32.2. The number of methoxy groups -OCH3 is 1. The fraction of sp³-hybridized carbons (Fsp3) is 0.211. The zero-order valence-electron chi connectivity index (χ0n) is 15.0. The van der Waals surface area contributed by atoms with Crippen molar-refractivity contribution in [3.05, 3.63) is 54.1 Å². The molecule has 0 radical (unpaired) electrons. The number of rotatable bonds is 8.